The molecule has 0 amide bonds. The van der Waals surface area contributed by atoms with E-state index in [-0.39, 0.29) is 11.5 Å². The summed E-state index contributed by atoms with van der Waals surface area (Å²) in [5.74, 6) is -1.56. The Morgan fingerprint density at radius 1 is 1.43 bits per heavy atom. The smallest absolute Gasteiger partial charge is 0.160 e. The van der Waals surface area contributed by atoms with Crippen molar-refractivity contribution in [1.29, 1.82) is 0 Å². The Morgan fingerprint density at radius 3 is 2.57 bits per heavy atom. The molecule has 0 unspecified atom stereocenters. The molecular weight excluding hydrogens is 274 g/mol. The highest BCUT2D eigenvalue weighted by molar-refractivity contribution is 9.10. The van der Waals surface area contributed by atoms with Crippen LogP contribution in [0.3, 0.4) is 0 Å². The molecule has 0 saturated heterocycles. The molecule has 0 radical (unpaired) electrons. The van der Waals surface area contributed by atoms with Crippen LogP contribution in [0.2, 0.25) is 0 Å². The zero-order valence-corrected chi connectivity index (χ0v) is 9.71. The van der Waals surface area contributed by atoms with Crippen LogP contribution in [-0.4, -0.2) is 11.5 Å². The molecule has 14 heavy (non-hydrogen) atoms. The van der Waals surface area contributed by atoms with E-state index in [1.165, 1.54) is 18.7 Å². The molecule has 0 fully saturated rings. The van der Waals surface area contributed by atoms with Crippen LogP contribution in [0.4, 0.5) is 8.78 Å². The molecule has 76 valence electrons. The van der Waals surface area contributed by atoms with Gasteiger partial charge in [-0.25, -0.2) is 8.78 Å². The topological polar surface area (TPSA) is 17.1 Å². The number of Topliss-reactive ketones (excluding diaryl/α,β-unsaturated/α-hetero) is 1. The molecule has 0 N–H and O–H groups in total. The highest BCUT2D eigenvalue weighted by Crippen LogP contribution is 2.29. The van der Waals surface area contributed by atoms with Crippen molar-refractivity contribution in [2.75, 3.05) is 5.75 Å². The molecule has 1 rings (SSSR count). The molecule has 0 bridgehead atoms. The molecule has 1 nitrogen and oxygen atoms in total. The van der Waals surface area contributed by atoms with Crippen molar-refractivity contribution in [3.05, 3.63) is 28.2 Å². The number of halogens is 3. The second-order valence-corrected chi connectivity index (χ2v) is 4.56. The van der Waals surface area contributed by atoms with Gasteiger partial charge in [-0.3, -0.25) is 4.79 Å². The lowest BCUT2D eigenvalue weighted by molar-refractivity contribution is -0.114. The van der Waals surface area contributed by atoms with Crippen LogP contribution >= 0.6 is 27.7 Å². The molecule has 0 saturated carbocycles. The van der Waals surface area contributed by atoms with Gasteiger partial charge in [-0.1, -0.05) is 0 Å². The van der Waals surface area contributed by atoms with Gasteiger partial charge in [0.05, 0.1) is 5.75 Å². The Kier molecular flexibility index (Phi) is 4.07. The minimum Gasteiger partial charge on any atom is -0.299 e. The van der Waals surface area contributed by atoms with Gasteiger partial charge in [-0.15, -0.1) is 11.8 Å². The first-order valence-electron chi connectivity index (χ1n) is 3.77. The number of carbonyl (C=O) groups excluding carboxylic acids is 1. The van der Waals surface area contributed by atoms with E-state index in [1.807, 2.05) is 0 Å². The molecule has 0 spiro atoms. The normalized spacial score (nSPS) is 10.3. The summed E-state index contributed by atoms with van der Waals surface area (Å²) in [7, 11) is 0. The Balaban J connectivity index is 2.87. The van der Waals surface area contributed by atoms with E-state index >= 15 is 0 Å². The van der Waals surface area contributed by atoms with Crippen molar-refractivity contribution in [2.45, 2.75) is 11.8 Å². The summed E-state index contributed by atoms with van der Waals surface area (Å²) in [5, 5.41) is 0. The maximum absolute atomic E-state index is 12.8. The second kappa shape index (κ2) is 4.89. The van der Waals surface area contributed by atoms with Crippen molar-refractivity contribution in [3.63, 3.8) is 0 Å². The number of ketones is 1. The summed E-state index contributed by atoms with van der Waals surface area (Å²) < 4.78 is 25.9. The van der Waals surface area contributed by atoms with Crippen molar-refractivity contribution in [1.82, 2.24) is 0 Å². The average molecular weight is 281 g/mol. The molecule has 1 aromatic rings. The maximum Gasteiger partial charge on any atom is 0.160 e. The largest absolute Gasteiger partial charge is 0.299 e. The first-order valence-corrected chi connectivity index (χ1v) is 5.55. The van der Waals surface area contributed by atoms with Gasteiger partial charge < -0.3 is 0 Å². The Bertz CT molecular complexity index is 368. The molecule has 1 aromatic carbocycles. The minimum atomic E-state index is -0.903. The lowest BCUT2D eigenvalue weighted by atomic mass is 10.3. The van der Waals surface area contributed by atoms with Gasteiger partial charge in [0, 0.05) is 9.37 Å². The van der Waals surface area contributed by atoms with Crippen LogP contribution in [-0.2, 0) is 4.79 Å². The fourth-order valence-electron chi connectivity index (χ4n) is 0.794. The minimum absolute atomic E-state index is 0.00775. The number of hydrogen-bond donors (Lipinski definition) is 0. The van der Waals surface area contributed by atoms with Crippen LogP contribution in [0.5, 0.6) is 0 Å². The Morgan fingerprint density at radius 2 is 2.00 bits per heavy atom. The summed E-state index contributed by atoms with van der Waals surface area (Å²) in [4.78, 5) is 11.2. The van der Waals surface area contributed by atoms with E-state index in [0.717, 1.165) is 12.1 Å². The third-order valence-electron chi connectivity index (χ3n) is 1.41. The van der Waals surface area contributed by atoms with Gasteiger partial charge >= 0.3 is 0 Å². The lowest BCUT2D eigenvalue weighted by Crippen LogP contribution is -1.94. The summed E-state index contributed by atoms with van der Waals surface area (Å²) >= 11 is 4.27. The highest BCUT2D eigenvalue weighted by atomic mass is 79.9. The molecule has 0 heterocycles. The third-order valence-corrected chi connectivity index (χ3v) is 3.52. The fraction of sp³-hybridized carbons (Fsp3) is 0.222. The van der Waals surface area contributed by atoms with Crippen LogP contribution in [0, 0.1) is 11.6 Å². The van der Waals surface area contributed by atoms with Crippen LogP contribution in [0.25, 0.3) is 0 Å². The predicted molar refractivity (Wildman–Crippen MR) is 55.5 cm³/mol. The molecule has 0 aliphatic rings. The van der Waals surface area contributed by atoms with Gasteiger partial charge in [0.1, 0.15) is 5.78 Å². The summed E-state index contributed by atoms with van der Waals surface area (Å²) in [5.41, 5.74) is 0. The highest BCUT2D eigenvalue weighted by Gasteiger charge is 2.08. The van der Waals surface area contributed by atoms with Gasteiger partial charge in [-0.2, -0.15) is 0 Å². The van der Waals surface area contributed by atoms with E-state index < -0.39 is 11.6 Å². The number of thioether (sulfide) groups is 1. The molecule has 0 aromatic heterocycles. The lowest BCUT2D eigenvalue weighted by Gasteiger charge is -2.03. The zero-order chi connectivity index (χ0) is 10.7. The van der Waals surface area contributed by atoms with Crippen molar-refractivity contribution in [2.24, 2.45) is 0 Å². The van der Waals surface area contributed by atoms with E-state index in [4.69, 9.17) is 0 Å². The third kappa shape index (κ3) is 3.06. The molecule has 0 aliphatic carbocycles. The maximum atomic E-state index is 12.8. The molecule has 0 atom stereocenters. The van der Waals surface area contributed by atoms with Gasteiger partial charge in [0.25, 0.3) is 0 Å². The van der Waals surface area contributed by atoms with Crippen LogP contribution in [0.1, 0.15) is 6.92 Å². The van der Waals surface area contributed by atoms with Gasteiger partial charge in [0.2, 0.25) is 0 Å². The Hall–Kier alpha value is -0.420. The van der Waals surface area contributed by atoms with E-state index in [2.05, 4.69) is 15.9 Å². The summed E-state index contributed by atoms with van der Waals surface area (Å²) in [6.07, 6.45) is 0. The number of benzene rings is 1. The quantitative estimate of drug-likeness (QED) is 0.624. The van der Waals surface area contributed by atoms with E-state index in [9.17, 15) is 13.6 Å². The first kappa shape index (κ1) is 11.7. The van der Waals surface area contributed by atoms with Crippen LogP contribution < -0.4 is 0 Å². The zero-order valence-electron chi connectivity index (χ0n) is 7.31. The monoisotopic (exact) mass is 280 g/mol. The predicted octanol–water partition coefficient (Wildman–Crippen LogP) is 3.41. The molecular formula is C9H7BrF2OS. The molecule has 0 aliphatic heterocycles. The van der Waals surface area contributed by atoms with Gasteiger partial charge in [0.15, 0.2) is 11.6 Å². The van der Waals surface area contributed by atoms with E-state index in [1.54, 1.807) is 0 Å². The van der Waals surface area contributed by atoms with Crippen molar-refractivity contribution < 1.29 is 13.6 Å². The number of rotatable bonds is 3. The van der Waals surface area contributed by atoms with E-state index in [0.29, 0.717) is 9.37 Å². The Labute approximate surface area is 93.0 Å². The van der Waals surface area contributed by atoms with Crippen LogP contribution in [0.15, 0.2) is 21.5 Å². The number of carbonyl (C=O) groups is 1. The fourth-order valence-corrected chi connectivity index (χ4v) is 2.20. The van der Waals surface area contributed by atoms with Crippen molar-refractivity contribution in [3.8, 4) is 0 Å². The first-order chi connectivity index (χ1) is 6.50. The number of hydrogen-bond acceptors (Lipinski definition) is 2. The summed E-state index contributed by atoms with van der Waals surface area (Å²) in [6.45, 7) is 1.45. The van der Waals surface area contributed by atoms with Gasteiger partial charge in [-0.05, 0) is 35.0 Å². The standard InChI is InChI=1S/C9H7BrF2OS/c1-5(13)4-14-9-3-8(12)7(11)2-6(9)10/h2-3H,4H2,1H3. The molecule has 5 heteroatoms. The average Bonchev–Trinajstić information content (AvgIpc) is 2.09. The second-order valence-electron chi connectivity index (χ2n) is 2.69. The van der Waals surface area contributed by atoms with Crippen molar-refractivity contribution >= 4 is 33.5 Å². The SMILES string of the molecule is CC(=O)CSc1cc(F)c(F)cc1Br. The summed E-state index contributed by atoms with van der Waals surface area (Å²) in [6, 6.07) is 2.13.